The van der Waals surface area contributed by atoms with Gasteiger partial charge in [0.05, 0.1) is 6.04 Å². The summed E-state index contributed by atoms with van der Waals surface area (Å²) in [6, 6.07) is 1.98. The van der Waals surface area contributed by atoms with Crippen LogP contribution in [-0.4, -0.2) is 14.8 Å². The van der Waals surface area contributed by atoms with Crippen LogP contribution in [-0.2, 0) is 13.5 Å². The second-order valence-corrected chi connectivity index (χ2v) is 4.09. The molecular weight excluding hydrogens is 218 g/mol. The van der Waals surface area contributed by atoms with Crippen LogP contribution in [0.15, 0.2) is 16.8 Å². The highest BCUT2D eigenvalue weighted by Crippen LogP contribution is 2.23. The minimum Gasteiger partial charge on any atom is -0.466 e. The van der Waals surface area contributed by atoms with Gasteiger partial charge in [0.15, 0.2) is 0 Å². The van der Waals surface area contributed by atoms with Crippen LogP contribution >= 0.6 is 0 Å². The standard InChI is InChI=1S/C11H17N5O/c1-7-4-9(8(2)17-7)10(15-12)5-11-13-6-14-16(11)3/h4,6,10,15H,5,12H2,1-3H3. The highest BCUT2D eigenvalue weighted by Gasteiger charge is 2.18. The Morgan fingerprint density at radius 3 is 2.76 bits per heavy atom. The van der Waals surface area contributed by atoms with Gasteiger partial charge in [0, 0.05) is 19.0 Å². The number of nitrogens with two attached hydrogens (primary N) is 1. The summed E-state index contributed by atoms with van der Waals surface area (Å²) < 4.78 is 7.25. The van der Waals surface area contributed by atoms with Gasteiger partial charge in [-0.1, -0.05) is 0 Å². The van der Waals surface area contributed by atoms with Gasteiger partial charge in [-0.15, -0.1) is 0 Å². The number of nitrogens with zero attached hydrogens (tertiary/aromatic N) is 3. The molecule has 92 valence electrons. The molecule has 2 aromatic rings. The number of hydrogen-bond donors (Lipinski definition) is 2. The number of aromatic nitrogens is 3. The van der Waals surface area contributed by atoms with E-state index in [1.165, 1.54) is 6.33 Å². The smallest absolute Gasteiger partial charge is 0.138 e. The Morgan fingerprint density at radius 1 is 1.53 bits per heavy atom. The van der Waals surface area contributed by atoms with Crippen LogP contribution in [0, 0.1) is 13.8 Å². The number of aryl methyl sites for hydroxylation is 3. The maximum absolute atomic E-state index is 5.60. The zero-order valence-electron chi connectivity index (χ0n) is 10.3. The summed E-state index contributed by atoms with van der Waals surface area (Å²) in [5.41, 5.74) is 3.86. The summed E-state index contributed by atoms with van der Waals surface area (Å²) in [4.78, 5) is 4.19. The second-order valence-electron chi connectivity index (χ2n) is 4.09. The molecule has 0 saturated heterocycles. The van der Waals surface area contributed by atoms with Gasteiger partial charge >= 0.3 is 0 Å². The number of nitrogens with one attached hydrogen (secondary N) is 1. The highest BCUT2D eigenvalue weighted by atomic mass is 16.3. The predicted molar refractivity (Wildman–Crippen MR) is 63.0 cm³/mol. The normalized spacial score (nSPS) is 12.9. The van der Waals surface area contributed by atoms with Crippen LogP contribution in [0.3, 0.4) is 0 Å². The molecule has 1 unspecified atom stereocenters. The average Bonchev–Trinajstić information content (AvgIpc) is 2.82. The first-order valence-corrected chi connectivity index (χ1v) is 5.47. The molecule has 0 amide bonds. The Bertz CT molecular complexity index is 502. The van der Waals surface area contributed by atoms with E-state index in [-0.39, 0.29) is 6.04 Å². The van der Waals surface area contributed by atoms with Crippen molar-refractivity contribution >= 4 is 0 Å². The molecule has 2 heterocycles. The maximum Gasteiger partial charge on any atom is 0.138 e. The largest absolute Gasteiger partial charge is 0.466 e. The van der Waals surface area contributed by atoms with Crippen molar-refractivity contribution in [3.63, 3.8) is 0 Å². The number of rotatable bonds is 4. The molecule has 0 radical (unpaired) electrons. The van der Waals surface area contributed by atoms with E-state index in [1.807, 2.05) is 27.0 Å². The molecule has 0 saturated carbocycles. The third-order valence-corrected chi connectivity index (χ3v) is 2.85. The second kappa shape index (κ2) is 4.68. The van der Waals surface area contributed by atoms with Crippen LogP contribution in [0.4, 0.5) is 0 Å². The van der Waals surface area contributed by atoms with Crippen LogP contribution in [0.1, 0.15) is 29.0 Å². The van der Waals surface area contributed by atoms with Gasteiger partial charge in [-0.05, 0) is 19.9 Å². The van der Waals surface area contributed by atoms with E-state index in [0.29, 0.717) is 6.42 Å². The molecule has 6 nitrogen and oxygen atoms in total. The average molecular weight is 235 g/mol. The van der Waals surface area contributed by atoms with Gasteiger partial charge in [-0.3, -0.25) is 16.0 Å². The first-order chi connectivity index (χ1) is 8.11. The van der Waals surface area contributed by atoms with Crippen molar-refractivity contribution in [3.05, 3.63) is 35.3 Å². The zero-order chi connectivity index (χ0) is 12.4. The van der Waals surface area contributed by atoms with Crippen molar-refractivity contribution in [2.45, 2.75) is 26.3 Å². The summed E-state index contributed by atoms with van der Waals surface area (Å²) in [5.74, 6) is 8.25. The molecule has 0 aromatic carbocycles. The molecule has 0 bridgehead atoms. The molecule has 3 N–H and O–H groups in total. The van der Waals surface area contributed by atoms with E-state index in [2.05, 4.69) is 15.5 Å². The van der Waals surface area contributed by atoms with Crippen molar-refractivity contribution in [2.75, 3.05) is 0 Å². The number of hydrazine groups is 1. The van der Waals surface area contributed by atoms with Crippen molar-refractivity contribution in [1.29, 1.82) is 0 Å². The third kappa shape index (κ3) is 2.37. The highest BCUT2D eigenvalue weighted by molar-refractivity contribution is 5.24. The molecule has 0 aliphatic carbocycles. The lowest BCUT2D eigenvalue weighted by Gasteiger charge is -2.14. The van der Waals surface area contributed by atoms with Gasteiger partial charge in [0.2, 0.25) is 0 Å². The molecule has 0 aliphatic heterocycles. The Morgan fingerprint density at radius 2 is 2.29 bits per heavy atom. The van der Waals surface area contributed by atoms with E-state index < -0.39 is 0 Å². The van der Waals surface area contributed by atoms with Crippen molar-refractivity contribution in [3.8, 4) is 0 Å². The van der Waals surface area contributed by atoms with Crippen molar-refractivity contribution in [2.24, 2.45) is 12.9 Å². The molecule has 0 aliphatic rings. The SMILES string of the molecule is Cc1cc(C(Cc2ncnn2C)NN)c(C)o1. The van der Waals surface area contributed by atoms with Gasteiger partial charge < -0.3 is 4.42 Å². The minimum absolute atomic E-state index is 0.0182. The molecule has 2 aromatic heterocycles. The lowest BCUT2D eigenvalue weighted by atomic mass is 10.0. The Kier molecular flexibility index (Phi) is 3.26. The van der Waals surface area contributed by atoms with Gasteiger partial charge in [0.1, 0.15) is 23.7 Å². The lowest BCUT2D eigenvalue weighted by Crippen LogP contribution is -2.30. The van der Waals surface area contributed by atoms with Crippen LogP contribution in [0.5, 0.6) is 0 Å². The molecule has 1 atom stereocenters. The Labute approximate surface area is 99.8 Å². The van der Waals surface area contributed by atoms with Crippen LogP contribution in [0.2, 0.25) is 0 Å². The summed E-state index contributed by atoms with van der Waals surface area (Å²) in [5, 5.41) is 4.04. The molecule has 0 fully saturated rings. The molecule has 0 spiro atoms. The topological polar surface area (TPSA) is 81.9 Å². The van der Waals surface area contributed by atoms with Gasteiger partial charge in [-0.25, -0.2) is 4.98 Å². The van der Waals surface area contributed by atoms with E-state index in [0.717, 1.165) is 22.9 Å². The van der Waals surface area contributed by atoms with Crippen LogP contribution in [0.25, 0.3) is 0 Å². The van der Waals surface area contributed by atoms with Crippen molar-refractivity contribution in [1.82, 2.24) is 20.2 Å². The summed E-state index contributed by atoms with van der Waals surface area (Å²) >= 11 is 0. The van der Waals surface area contributed by atoms with Crippen molar-refractivity contribution < 1.29 is 4.42 Å². The third-order valence-electron chi connectivity index (χ3n) is 2.85. The summed E-state index contributed by atoms with van der Waals surface area (Å²) in [6.07, 6.45) is 2.21. The first-order valence-electron chi connectivity index (χ1n) is 5.47. The number of hydrogen-bond acceptors (Lipinski definition) is 5. The fourth-order valence-electron chi connectivity index (χ4n) is 1.94. The van der Waals surface area contributed by atoms with E-state index in [1.54, 1.807) is 4.68 Å². The predicted octanol–water partition coefficient (Wildman–Crippen LogP) is 0.772. The Balaban J connectivity index is 2.23. The monoisotopic (exact) mass is 235 g/mol. The fourth-order valence-corrected chi connectivity index (χ4v) is 1.94. The molecule has 2 rings (SSSR count). The fraction of sp³-hybridized carbons (Fsp3) is 0.455. The maximum atomic E-state index is 5.60. The van der Waals surface area contributed by atoms with E-state index >= 15 is 0 Å². The lowest BCUT2D eigenvalue weighted by molar-refractivity contribution is 0.478. The quantitative estimate of drug-likeness (QED) is 0.604. The van der Waals surface area contributed by atoms with E-state index in [9.17, 15) is 0 Å². The summed E-state index contributed by atoms with van der Waals surface area (Å²) in [6.45, 7) is 3.86. The van der Waals surface area contributed by atoms with Gasteiger partial charge in [-0.2, -0.15) is 5.10 Å². The molecule has 17 heavy (non-hydrogen) atoms. The van der Waals surface area contributed by atoms with Crippen LogP contribution < -0.4 is 11.3 Å². The molecule has 6 heteroatoms. The number of furan rings is 1. The minimum atomic E-state index is -0.0182. The molecular formula is C11H17N5O. The van der Waals surface area contributed by atoms with Gasteiger partial charge in [0.25, 0.3) is 0 Å². The zero-order valence-corrected chi connectivity index (χ0v) is 10.3. The summed E-state index contributed by atoms with van der Waals surface area (Å²) in [7, 11) is 1.86. The van der Waals surface area contributed by atoms with E-state index in [4.69, 9.17) is 10.3 Å². The first kappa shape index (κ1) is 11.8. The Hall–Kier alpha value is -1.66.